The summed E-state index contributed by atoms with van der Waals surface area (Å²) in [4.78, 5) is 58.2. The van der Waals surface area contributed by atoms with Crippen LogP contribution in [0.1, 0.15) is 87.5 Å². The molecule has 3 amide bonds. The molecule has 2 aliphatic heterocycles. The number of piperidine rings is 2. The fraction of sp³-hybridized carbons (Fsp3) is 0.806. The first kappa shape index (κ1) is 33.8. The number of carbonyl (C=O) groups excluding carboxylic acids is 4. The second-order valence-corrected chi connectivity index (χ2v) is 12.4. The first-order chi connectivity index (χ1) is 18.8. The highest BCUT2D eigenvalue weighted by Gasteiger charge is 2.36. The van der Waals surface area contributed by atoms with Crippen LogP contribution in [0, 0.1) is 17.8 Å². The zero-order valence-corrected chi connectivity index (χ0v) is 26.4. The van der Waals surface area contributed by atoms with E-state index in [1.54, 1.807) is 30.7 Å². The summed E-state index contributed by atoms with van der Waals surface area (Å²) in [5.74, 6) is -0.684. The summed E-state index contributed by atoms with van der Waals surface area (Å²) in [6, 6.07) is -0.921. The van der Waals surface area contributed by atoms with E-state index in [1.165, 1.54) is 0 Å². The van der Waals surface area contributed by atoms with Gasteiger partial charge in [-0.3, -0.25) is 24.1 Å². The summed E-state index contributed by atoms with van der Waals surface area (Å²) >= 11 is 0. The first-order valence-electron chi connectivity index (χ1n) is 15.3. The molecule has 2 heterocycles. The van der Waals surface area contributed by atoms with Crippen LogP contribution in [0.25, 0.3) is 0 Å². The molecule has 9 heteroatoms. The molecular formula is C31H54N4O5. The standard InChI is InChI=1S/C31H54N4O5/c1-10-40-31(39)24-14-17-34(18-15-24)29(37)23(8)19-26(20(2)3)33(9)30(38)27(21(4)5)32-28(36)25-13-11-12-16-35(25)22(6)7/h19-22,24-27H,10-18H2,1-9H3,(H,32,36)/t25?,26-,27+/m1/s1. The van der Waals surface area contributed by atoms with Gasteiger partial charge in [0.25, 0.3) is 0 Å². The summed E-state index contributed by atoms with van der Waals surface area (Å²) < 4.78 is 5.14. The van der Waals surface area contributed by atoms with Crippen LogP contribution >= 0.6 is 0 Å². The molecule has 1 unspecified atom stereocenters. The third-order valence-electron chi connectivity index (χ3n) is 8.38. The third-order valence-corrected chi connectivity index (χ3v) is 8.38. The van der Waals surface area contributed by atoms with Crippen molar-refractivity contribution in [3.63, 3.8) is 0 Å². The fourth-order valence-corrected chi connectivity index (χ4v) is 5.89. The predicted octanol–water partition coefficient (Wildman–Crippen LogP) is 3.62. The maximum absolute atomic E-state index is 13.8. The van der Waals surface area contributed by atoms with Crippen LogP contribution in [0.2, 0.25) is 0 Å². The summed E-state index contributed by atoms with van der Waals surface area (Å²) in [6.45, 7) is 18.0. The largest absolute Gasteiger partial charge is 0.466 e. The molecule has 9 nitrogen and oxygen atoms in total. The van der Waals surface area contributed by atoms with E-state index >= 15 is 0 Å². The quantitative estimate of drug-likeness (QED) is 0.305. The van der Waals surface area contributed by atoms with Crippen molar-refractivity contribution in [1.82, 2.24) is 20.0 Å². The highest BCUT2D eigenvalue weighted by Crippen LogP contribution is 2.23. The Morgan fingerprint density at radius 2 is 1.57 bits per heavy atom. The molecule has 0 bridgehead atoms. The molecule has 2 saturated heterocycles. The Hall–Kier alpha value is -2.42. The van der Waals surface area contributed by atoms with Crippen LogP contribution < -0.4 is 5.32 Å². The average molecular weight is 563 g/mol. The maximum Gasteiger partial charge on any atom is 0.309 e. The molecule has 0 saturated carbocycles. The van der Waals surface area contributed by atoms with E-state index in [0.717, 1.165) is 25.8 Å². The molecule has 2 aliphatic rings. The number of nitrogens with zero attached hydrogens (tertiary/aromatic N) is 3. The number of hydrogen-bond donors (Lipinski definition) is 1. The van der Waals surface area contributed by atoms with Gasteiger partial charge in [0.15, 0.2) is 0 Å². The highest BCUT2D eigenvalue weighted by atomic mass is 16.5. The molecule has 2 rings (SSSR count). The Morgan fingerprint density at radius 3 is 2.10 bits per heavy atom. The van der Waals surface area contributed by atoms with Gasteiger partial charge in [0, 0.05) is 31.8 Å². The summed E-state index contributed by atoms with van der Waals surface area (Å²) in [6.07, 6.45) is 5.96. The van der Waals surface area contributed by atoms with E-state index in [4.69, 9.17) is 4.74 Å². The van der Waals surface area contributed by atoms with Crippen molar-refractivity contribution in [3.8, 4) is 0 Å². The molecule has 3 atom stereocenters. The third kappa shape index (κ3) is 8.79. The average Bonchev–Trinajstić information content (AvgIpc) is 2.92. The van der Waals surface area contributed by atoms with Crippen LogP contribution in [-0.2, 0) is 23.9 Å². The van der Waals surface area contributed by atoms with E-state index in [1.807, 2.05) is 33.8 Å². The summed E-state index contributed by atoms with van der Waals surface area (Å²) in [7, 11) is 1.76. The van der Waals surface area contributed by atoms with Gasteiger partial charge in [-0.05, 0) is 71.8 Å². The molecule has 0 aromatic carbocycles. The van der Waals surface area contributed by atoms with Crippen molar-refractivity contribution in [2.45, 2.75) is 112 Å². The number of nitrogens with one attached hydrogen (secondary N) is 1. The van der Waals surface area contributed by atoms with E-state index in [2.05, 4.69) is 24.1 Å². The molecule has 2 fully saturated rings. The van der Waals surface area contributed by atoms with Gasteiger partial charge in [-0.1, -0.05) is 40.2 Å². The van der Waals surface area contributed by atoms with Gasteiger partial charge in [0.05, 0.1) is 24.6 Å². The maximum atomic E-state index is 13.8. The van der Waals surface area contributed by atoms with Gasteiger partial charge in [-0.15, -0.1) is 0 Å². The van der Waals surface area contributed by atoms with Crippen LogP contribution in [0.4, 0.5) is 0 Å². The van der Waals surface area contributed by atoms with Crippen molar-refractivity contribution in [2.24, 2.45) is 17.8 Å². The van der Waals surface area contributed by atoms with E-state index < -0.39 is 6.04 Å². The lowest BCUT2D eigenvalue weighted by Crippen LogP contribution is -2.58. The zero-order chi connectivity index (χ0) is 30.1. The Labute approximate surface area is 242 Å². The van der Waals surface area contributed by atoms with Gasteiger partial charge in [-0.2, -0.15) is 0 Å². The number of carbonyl (C=O) groups is 4. The fourth-order valence-electron chi connectivity index (χ4n) is 5.89. The number of likely N-dealkylation sites (N-methyl/N-ethyl adjacent to an activating group) is 1. The topological polar surface area (TPSA) is 99.3 Å². The minimum Gasteiger partial charge on any atom is -0.466 e. The van der Waals surface area contributed by atoms with Gasteiger partial charge >= 0.3 is 5.97 Å². The Kier molecular flexibility index (Phi) is 13.1. The van der Waals surface area contributed by atoms with Crippen LogP contribution in [0.15, 0.2) is 11.6 Å². The number of ether oxygens (including phenoxy) is 1. The second kappa shape index (κ2) is 15.5. The van der Waals surface area contributed by atoms with Crippen LogP contribution in [0.3, 0.4) is 0 Å². The monoisotopic (exact) mass is 562 g/mol. The molecule has 228 valence electrons. The number of hydrogen-bond acceptors (Lipinski definition) is 6. The Morgan fingerprint density at radius 1 is 0.950 bits per heavy atom. The highest BCUT2D eigenvalue weighted by molar-refractivity contribution is 5.93. The predicted molar refractivity (Wildman–Crippen MR) is 157 cm³/mol. The van der Waals surface area contributed by atoms with Crippen molar-refractivity contribution >= 4 is 23.7 Å². The van der Waals surface area contributed by atoms with Gasteiger partial charge < -0.3 is 19.9 Å². The Bertz CT molecular complexity index is 907. The minimum atomic E-state index is -0.652. The molecule has 1 N–H and O–H groups in total. The number of esters is 1. The molecule has 0 spiro atoms. The first-order valence-corrected chi connectivity index (χ1v) is 15.3. The van der Waals surface area contributed by atoms with Crippen molar-refractivity contribution in [3.05, 3.63) is 11.6 Å². The van der Waals surface area contributed by atoms with Gasteiger partial charge in [-0.25, -0.2) is 0 Å². The lowest BCUT2D eigenvalue weighted by Gasteiger charge is -2.39. The minimum absolute atomic E-state index is 0.0598. The lowest BCUT2D eigenvalue weighted by molar-refractivity contribution is -0.150. The van der Waals surface area contributed by atoms with Gasteiger partial charge in [0.1, 0.15) is 6.04 Å². The van der Waals surface area contributed by atoms with Crippen molar-refractivity contribution in [2.75, 3.05) is 33.3 Å². The lowest BCUT2D eigenvalue weighted by atomic mass is 9.94. The SMILES string of the molecule is CCOC(=O)C1CCN(C(=O)C(C)=C[C@H](C(C)C)N(C)C(=O)[C@@H](NC(=O)C2CCCCN2C(C)C)C(C)C)CC1. The molecule has 0 aromatic heterocycles. The molecule has 0 aliphatic carbocycles. The summed E-state index contributed by atoms with van der Waals surface area (Å²) in [5.41, 5.74) is 0.577. The number of rotatable bonds is 11. The second-order valence-electron chi connectivity index (χ2n) is 12.4. The molecule has 0 radical (unpaired) electrons. The summed E-state index contributed by atoms with van der Waals surface area (Å²) in [5, 5.41) is 3.09. The smallest absolute Gasteiger partial charge is 0.309 e. The van der Waals surface area contributed by atoms with Crippen LogP contribution in [0.5, 0.6) is 0 Å². The van der Waals surface area contributed by atoms with Crippen molar-refractivity contribution in [1.29, 1.82) is 0 Å². The normalized spacial score (nSPS) is 20.9. The van der Waals surface area contributed by atoms with E-state index in [0.29, 0.717) is 38.1 Å². The molecular weight excluding hydrogens is 508 g/mol. The van der Waals surface area contributed by atoms with E-state index in [-0.39, 0.29) is 59.6 Å². The number of amides is 3. The van der Waals surface area contributed by atoms with Gasteiger partial charge in [0.2, 0.25) is 17.7 Å². The molecule has 0 aromatic rings. The number of likely N-dealkylation sites (tertiary alicyclic amines) is 2. The van der Waals surface area contributed by atoms with E-state index in [9.17, 15) is 19.2 Å². The van der Waals surface area contributed by atoms with Crippen LogP contribution in [-0.4, -0.2) is 95.8 Å². The molecule has 40 heavy (non-hydrogen) atoms. The Balaban J connectivity index is 2.12. The van der Waals surface area contributed by atoms with Crippen molar-refractivity contribution < 1.29 is 23.9 Å². The zero-order valence-electron chi connectivity index (χ0n) is 26.4.